The van der Waals surface area contributed by atoms with Gasteiger partial charge in [-0.3, -0.25) is 18.7 Å². The number of piperidine rings is 1. The molecule has 2 aromatic heterocycles. The van der Waals surface area contributed by atoms with Gasteiger partial charge in [0.15, 0.2) is 5.82 Å². The SMILES string of the molecule is Cc1ccc(CCC2CCN(Cc3nnc4n(C)c(=O)c5ccccc5n34)CC2)cc1. The lowest BCUT2D eigenvalue weighted by molar-refractivity contribution is 0.168. The van der Waals surface area contributed by atoms with Crippen LogP contribution in [0.1, 0.15) is 36.2 Å². The lowest BCUT2D eigenvalue weighted by atomic mass is 9.90. The number of aromatic nitrogens is 4. The summed E-state index contributed by atoms with van der Waals surface area (Å²) in [5.74, 6) is 2.29. The number of hydrogen-bond donors (Lipinski definition) is 0. The number of fused-ring (bicyclic) bond motifs is 3. The van der Waals surface area contributed by atoms with Crippen molar-refractivity contribution in [2.45, 2.75) is 39.2 Å². The molecule has 1 fully saturated rings. The number of benzene rings is 2. The summed E-state index contributed by atoms with van der Waals surface area (Å²) in [6.45, 7) is 5.06. The highest BCUT2D eigenvalue weighted by molar-refractivity contribution is 5.80. The molecule has 0 radical (unpaired) electrons. The van der Waals surface area contributed by atoms with E-state index in [4.69, 9.17) is 0 Å². The molecular formula is C25H29N5O. The highest BCUT2D eigenvalue weighted by atomic mass is 16.1. The molecule has 0 bridgehead atoms. The van der Waals surface area contributed by atoms with Crippen LogP contribution in [0.2, 0.25) is 0 Å². The van der Waals surface area contributed by atoms with Gasteiger partial charge in [0.1, 0.15) is 0 Å². The Bertz CT molecular complexity index is 1260. The van der Waals surface area contributed by atoms with Crippen LogP contribution in [0.15, 0.2) is 53.3 Å². The lowest BCUT2D eigenvalue weighted by Crippen LogP contribution is -2.34. The molecule has 0 aliphatic carbocycles. The number of nitrogens with zero attached hydrogens (tertiary/aromatic N) is 5. The van der Waals surface area contributed by atoms with Crippen LogP contribution >= 0.6 is 0 Å². The van der Waals surface area contributed by atoms with Gasteiger partial charge in [-0.25, -0.2) is 0 Å². The summed E-state index contributed by atoms with van der Waals surface area (Å²) in [5.41, 5.74) is 3.62. The van der Waals surface area contributed by atoms with Crippen LogP contribution in [-0.2, 0) is 20.0 Å². The topological polar surface area (TPSA) is 55.4 Å². The van der Waals surface area contributed by atoms with Crippen LogP contribution in [0.4, 0.5) is 0 Å². The van der Waals surface area contributed by atoms with Gasteiger partial charge in [0.2, 0.25) is 5.78 Å². The standard InChI is InChI=1S/C25H29N5O/c1-18-7-9-19(10-8-18)11-12-20-13-15-29(16-14-20)17-23-26-27-25-28(2)24(31)21-5-3-4-6-22(21)30(23)25/h3-10,20H,11-17H2,1-2H3. The molecule has 31 heavy (non-hydrogen) atoms. The van der Waals surface area contributed by atoms with Gasteiger partial charge >= 0.3 is 0 Å². The third-order valence-electron chi connectivity index (χ3n) is 6.73. The lowest BCUT2D eigenvalue weighted by Gasteiger charge is -2.31. The van der Waals surface area contributed by atoms with Crippen molar-refractivity contribution in [3.8, 4) is 0 Å². The van der Waals surface area contributed by atoms with E-state index in [0.717, 1.165) is 36.9 Å². The van der Waals surface area contributed by atoms with Gasteiger partial charge in [0, 0.05) is 7.05 Å². The molecular weight excluding hydrogens is 386 g/mol. The van der Waals surface area contributed by atoms with Gasteiger partial charge in [-0.15, -0.1) is 10.2 Å². The first-order valence-corrected chi connectivity index (χ1v) is 11.2. The highest BCUT2D eigenvalue weighted by Gasteiger charge is 2.22. The molecule has 6 nitrogen and oxygen atoms in total. The Morgan fingerprint density at radius 2 is 1.74 bits per heavy atom. The van der Waals surface area contributed by atoms with Gasteiger partial charge in [-0.05, 0) is 69.3 Å². The van der Waals surface area contributed by atoms with E-state index in [2.05, 4.69) is 46.3 Å². The zero-order chi connectivity index (χ0) is 21.4. The summed E-state index contributed by atoms with van der Waals surface area (Å²) in [5, 5.41) is 9.49. The van der Waals surface area contributed by atoms with E-state index in [1.165, 1.54) is 36.8 Å². The van der Waals surface area contributed by atoms with E-state index in [0.29, 0.717) is 11.2 Å². The van der Waals surface area contributed by atoms with E-state index in [1.807, 2.05) is 28.7 Å². The van der Waals surface area contributed by atoms with Crippen molar-refractivity contribution in [1.29, 1.82) is 0 Å². The maximum absolute atomic E-state index is 12.6. The van der Waals surface area contributed by atoms with Gasteiger partial charge in [0.05, 0.1) is 17.4 Å². The Morgan fingerprint density at radius 1 is 1.00 bits per heavy atom. The van der Waals surface area contributed by atoms with Crippen molar-refractivity contribution in [2.24, 2.45) is 13.0 Å². The van der Waals surface area contributed by atoms with E-state index < -0.39 is 0 Å². The molecule has 3 heterocycles. The Balaban J connectivity index is 1.27. The minimum absolute atomic E-state index is 0.0311. The fourth-order valence-corrected chi connectivity index (χ4v) is 4.75. The first-order chi connectivity index (χ1) is 15.1. The van der Waals surface area contributed by atoms with Gasteiger partial charge in [-0.2, -0.15) is 0 Å². The predicted octanol–water partition coefficient (Wildman–Crippen LogP) is 3.73. The number of rotatable bonds is 5. The zero-order valence-corrected chi connectivity index (χ0v) is 18.3. The summed E-state index contributed by atoms with van der Waals surface area (Å²) in [7, 11) is 1.77. The summed E-state index contributed by atoms with van der Waals surface area (Å²) >= 11 is 0. The molecule has 0 spiro atoms. The number of para-hydroxylation sites is 1. The second kappa shape index (κ2) is 8.27. The Hall–Kier alpha value is -2.99. The Labute approximate surface area is 182 Å². The molecule has 0 atom stereocenters. The molecule has 0 unspecified atom stereocenters. The van der Waals surface area contributed by atoms with Gasteiger partial charge in [-0.1, -0.05) is 42.0 Å². The molecule has 0 amide bonds. The van der Waals surface area contributed by atoms with Crippen molar-refractivity contribution in [1.82, 2.24) is 24.1 Å². The largest absolute Gasteiger partial charge is 0.296 e. The fourth-order valence-electron chi connectivity index (χ4n) is 4.75. The molecule has 1 aliphatic heterocycles. The predicted molar refractivity (Wildman–Crippen MR) is 123 cm³/mol. The molecule has 1 aliphatic rings. The molecule has 0 N–H and O–H groups in total. The molecule has 1 saturated heterocycles. The Kier molecular flexibility index (Phi) is 5.32. The molecule has 0 saturated carbocycles. The van der Waals surface area contributed by atoms with Gasteiger partial charge < -0.3 is 0 Å². The van der Waals surface area contributed by atoms with Crippen LogP contribution in [0, 0.1) is 12.8 Å². The minimum Gasteiger partial charge on any atom is -0.296 e. The van der Waals surface area contributed by atoms with Crippen molar-refractivity contribution in [2.75, 3.05) is 13.1 Å². The van der Waals surface area contributed by atoms with Gasteiger partial charge in [0.25, 0.3) is 5.56 Å². The van der Waals surface area contributed by atoms with E-state index in [1.54, 1.807) is 11.6 Å². The normalized spacial score (nSPS) is 15.8. The summed E-state index contributed by atoms with van der Waals surface area (Å²) in [4.78, 5) is 15.1. The zero-order valence-electron chi connectivity index (χ0n) is 18.3. The molecule has 2 aromatic carbocycles. The monoisotopic (exact) mass is 415 g/mol. The van der Waals surface area contributed by atoms with Crippen molar-refractivity contribution in [3.63, 3.8) is 0 Å². The number of likely N-dealkylation sites (tertiary alicyclic amines) is 1. The minimum atomic E-state index is -0.0311. The van der Waals surface area contributed by atoms with Crippen molar-refractivity contribution >= 4 is 16.7 Å². The van der Waals surface area contributed by atoms with Crippen LogP contribution < -0.4 is 5.56 Å². The first kappa shape index (κ1) is 19.9. The quantitative estimate of drug-likeness (QED) is 0.498. The molecule has 5 rings (SSSR count). The van der Waals surface area contributed by atoms with E-state index >= 15 is 0 Å². The number of hydrogen-bond acceptors (Lipinski definition) is 4. The third kappa shape index (κ3) is 3.88. The maximum atomic E-state index is 12.6. The Morgan fingerprint density at radius 3 is 2.52 bits per heavy atom. The summed E-state index contributed by atoms with van der Waals surface area (Å²) in [6.07, 6.45) is 4.88. The van der Waals surface area contributed by atoms with Crippen LogP contribution in [0.5, 0.6) is 0 Å². The second-order valence-corrected chi connectivity index (χ2v) is 8.88. The maximum Gasteiger partial charge on any atom is 0.262 e. The van der Waals surface area contributed by atoms with Crippen LogP contribution in [0.25, 0.3) is 16.7 Å². The summed E-state index contributed by atoms with van der Waals surface area (Å²) < 4.78 is 3.64. The molecule has 160 valence electrons. The molecule has 6 heteroatoms. The number of aryl methyl sites for hydroxylation is 3. The van der Waals surface area contributed by atoms with Crippen LogP contribution in [-0.4, -0.2) is 37.2 Å². The highest BCUT2D eigenvalue weighted by Crippen LogP contribution is 2.24. The van der Waals surface area contributed by atoms with Crippen molar-refractivity contribution < 1.29 is 0 Å². The van der Waals surface area contributed by atoms with Crippen molar-refractivity contribution in [3.05, 3.63) is 75.8 Å². The average Bonchev–Trinajstić information content (AvgIpc) is 3.22. The smallest absolute Gasteiger partial charge is 0.262 e. The fraction of sp³-hybridized carbons (Fsp3) is 0.400. The molecule has 4 aromatic rings. The average molecular weight is 416 g/mol. The van der Waals surface area contributed by atoms with Crippen LogP contribution in [0.3, 0.4) is 0 Å². The second-order valence-electron chi connectivity index (χ2n) is 8.88. The summed E-state index contributed by atoms with van der Waals surface area (Å²) in [6, 6.07) is 16.7. The van der Waals surface area contributed by atoms with E-state index in [-0.39, 0.29) is 5.56 Å². The first-order valence-electron chi connectivity index (χ1n) is 11.2. The third-order valence-corrected chi connectivity index (χ3v) is 6.73. The van der Waals surface area contributed by atoms with E-state index in [9.17, 15) is 4.79 Å².